The number of fused-ring (bicyclic) bond motifs is 1. The second-order valence-electron chi connectivity index (χ2n) is 8.82. The number of carbonyl (C=O) groups is 3. The Kier molecular flexibility index (Phi) is 7.93. The zero-order valence-corrected chi connectivity index (χ0v) is 19.2. The molecule has 2 aromatic rings. The van der Waals surface area contributed by atoms with Crippen LogP contribution >= 0.6 is 0 Å². The van der Waals surface area contributed by atoms with Crippen LogP contribution in [0.4, 0.5) is 0 Å². The number of amides is 3. The van der Waals surface area contributed by atoms with Crippen LogP contribution in [0.1, 0.15) is 50.0 Å². The first-order valence-electron chi connectivity index (χ1n) is 11.3. The van der Waals surface area contributed by atoms with Crippen LogP contribution < -0.4 is 20.7 Å². The fourth-order valence-electron chi connectivity index (χ4n) is 4.13. The summed E-state index contributed by atoms with van der Waals surface area (Å²) in [5, 5.41) is 18.6. The van der Waals surface area contributed by atoms with Gasteiger partial charge in [-0.3, -0.25) is 14.4 Å². The molecule has 1 aromatic carbocycles. The van der Waals surface area contributed by atoms with Crippen molar-refractivity contribution in [2.24, 2.45) is 11.8 Å². The minimum absolute atomic E-state index is 0.0861. The molecule has 0 bridgehead atoms. The quantitative estimate of drug-likeness (QED) is 0.462. The lowest BCUT2D eigenvalue weighted by Crippen LogP contribution is -2.51. The molecule has 0 saturated carbocycles. The van der Waals surface area contributed by atoms with Gasteiger partial charge in [-0.1, -0.05) is 19.9 Å². The molecule has 4 N–H and O–H groups in total. The second kappa shape index (κ2) is 10.9. The Labute approximate surface area is 193 Å². The Balaban J connectivity index is 1.70. The molecule has 3 rings (SSSR count). The lowest BCUT2D eigenvalue weighted by molar-refractivity contribution is -0.128. The number of rotatable bonds is 9. The van der Waals surface area contributed by atoms with E-state index in [-0.39, 0.29) is 24.2 Å². The van der Waals surface area contributed by atoms with Gasteiger partial charge in [0.2, 0.25) is 11.8 Å². The minimum Gasteiger partial charge on any atom is -0.496 e. The Morgan fingerprint density at radius 1 is 1.30 bits per heavy atom. The first kappa shape index (κ1) is 24.1. The predicted molar refractivity (Wildman–Crippen MR) is 123 cm³/mol. The van der Waals surface area contributed by atoms with Gasteiger partial charge in [0.25, 0.3) is 5.91 Å². The molecule has 9 heteroatoms. The maximum atomic E-state index is 13.0. The topological polar surface area (TPSA) is 136 Å². The molecule has 1 aromatic heterocycles. The number of hydrogen-bond acceptors (Lipinski definition) is 5. The van der Waals surface area contributed by atoms with Gasteiger partial charge >= 0.3 is 0 Å². The van der Waals surface area contributed by atoms with Crippen LogP contribution in [-0.4, -0.2) is 48.4 Å². The van der Waals surface area contributed by atoms with Gasteiger partial charge in [0.05, 0.1) is 13.2 Å². The van der Waals surface area contributed by atoms with Crippen molar-refractivity contribution in [3.05, 3.63) is 30.0 Å². The van der Waals surface area contributed by atoms with Gasteiger partial charge in [-0.15, -0.1) is 0 Å². The van der Waals surface area contributed by atoms with Crippen LogP contribution in [0.3, 0.4) is 0 Å². The van der Waals surface area contributed by atoms with E-state index in [2.05, 4.69) is 27.0 Å². The van der Waals surface area contributed by atoms with E-state index >= 15 is 0 Å². The molecular weight excluding hydrogens is 422 g/mol. The molecule has 1 aliphatic rings. The van der Waals surface area contributed by atoms with Crippen molar-refractivity contribution in [3.63, 3.8) is 0 Å². The lowest BCUT2D eigenvalue weighted by Gasteiger charge is -2.25. The molecule has 0 aliphatic carbocycles. The number of nitrogens with zero attached hydrogens (tertiary/aromatic N) is 1. The number of hydrogen-bond donors (Lipinski definition) is 4. The highest BCUT2D eigenvalue weighted by molar-refractivity contribution is 6.01. The monoisotopic (exact) mass is 453 g/mol. The van der Waals surface area contributed by atoms with E-state index in [0.29, 0.717) is 30.8 Å². The van der Waals surface area contributed by atoms with Gasteiger partial charge in [0, 0.05) is 23.4 Å². The van der Waals surface area contributed by atoms with Crippen LogP contribution in [0.15, 0.2) is 24.3 Å². The van der Waals surface area contributed by atoms with Crippen LogP contribution in [-0.2, 0) is 9.59 Å². The first-order chi connectivity index (χ1) is 15.8. The van der Waals surface area contributed by atoms with Crippen molar-refractivity contribution in [3.8, 4) is 11.8 Å². The SMILES string of the molecule is COc1cccc2[nH]c(C(=O)N[C@@H](CC(C)C)C(=O)N[C@H](C#N)C[C@@H]3CCCNC3=O)cc12. The van der Waals surface area contributed by atoms with Crippen molar-refractivity contribution in [2.45, 2.75) is 51.6 Å². The molecule has 33 heavy (non-hydrogen) atoms. The normalized spacial score (nSPS) is 17.7. The summed E-state index contributed by atoms with van der Waals surface area (Å²) in [5.74, 6) is -0.473. The van der Waals surface area contributed by atoms with Crippen molar-refractivity contribution < 1.29 is 19.1 Å². The highest BCUT2D eigenvalue weighted by Gasteiger charge is 2.29. The fourth-order valence-corrected chi connectivity index (χ4v) is 4.13. The maximum absolute atomic E-state index is 13.0. The molecule has 3 atom stereocenters. The van der Waals surface area contributed by atoms with Crippen LogP contribution in [0.2, 0.25) is 0 Å². The van der Waals surface area contributed by atoms with Gasteiger partial charge in [0.15, 0.2) is 0 Å². The lowest BCUT2D eigenvalue weighted by atomic mass is 9.91. The van der Waals surface area contributed by atoms with Gasteiger partial charge < -0.3 is 25.7 Å². The molecule has 176 valence electrons. The highest BCUT2D eigenvalue weighted by Crippen LogP contribution is 2.26. The molecule has 0 unspecified atom stereocenters. The summed E-state index contributed by atoms with van der Waals surface area (Å²) in [6.07, 6.45) is 2.20. The third kappa shape index (κ3) is 6.04. The third-order valence-electron chi connectivity index (χ3n) is 5.81. The zero-order valence-electron chi connectivity index (χ0n) is 19.2. The molecule has 1 saturated heterocycles. The number of piperidine rings is 1. The van der Waals surface area contributed by atoms with E-state index in [4.69, 9.17) is 4.74 Å². The molecule has 2 heterocycles. The molecule has 0 radical (unpaired) electrons. The van der Waals surface area contributed by atoms with Gasteiger partial charge in [-0.25, -0.2) is 0 Å². The number of nitriles is 1. The number of H-pyrrole nitrogens is 1. The summed E-state index contributed by atoms with van der Waals surface area (Å²) in [6, 6.07) is 7.61. The Morgan fingerprint density at radius 2 is 2.09 bits per heavy atom. The van der Waals surface area contributed by atoms with E-state index in [0.717, 1.165) is 17.3 Å². The largest absolute Gasteiger partial charge is 0.496 e. The van der Waals surface area contributed by atoms with Crippen LogP contribution in [0.25, 0.3) is 10.9 Å². The van der Waals surface area contributed by atoms with E-state index in [1.165, 1.54) is 0 Å². The standard InChI is InChI=1S/C24H31N5O4/c1-14(2)10-19(23(31)27-16(13-25)11-15-6-5-9-26-22(15)30)29-24(32)20-12-17-18(28-20)7-4-8-21(17)33-3/h4,7-8,12,14-16,19,28H,5-6,9-11H2,1-3H3,(H,26,30)(H,27,31)(H,29,32)/t15-,16-,19-/m0/s1. The number of benzene rings is 1. The number of aromatic amines is 1. The van der Waals surface area contributed by atoms with Gasteiger partial charge in [0.1, 0.15) is 23.5 Å². The number of aromatic nitrogens is 1. The van der Waals surface area contributed by atoms with Gasteiger partial charge in [-0.05, 0) is 49.8 Å². The van der Waals surface area contributed by atoms with Crippen molar-refractivity contribution in [2.75, 3.05) is 13.7 Å². The van der Waals surface area contributed by atoms with Crippen molar-refractivity contribution in [1.29, 1.82) is 5.26 Å². The second-order valence-corrected chi connectivity index (χ2v) is 8.82. The van der Waals surface area contributed by atoms with Crippen molar-refractivity contribution >= 4 is 28.6 Å². The summed E-state index contributed by atoms with van der Waals surface area (Å²) in [7, 11) is 1.56. The minimum atomic E-state index is -0.818. The fraction of sp³-hybridized carbons (Fsp3) is 0.500. The highest BCUT2D eigenvalue weighted by atomic mass is 16.5. The van der Waals surface area contributed by atoms with Gasteiger partial charge in [-0.2, -0.15) is 5.26 Å². The Bertz CT molecular complexity index is 1050. The molecule has 1 fully saturated rings. The number of ether oxygens (including phenoxy) is 1. The number of nitrogens with one attached hydrogen (secondary N) is 4. The average molecular weight is 454 g/mol. The molecule has 9 nitrogen and oxygen atoms in total. The summed E-state index contributed by atoms with van der Waals surface area (Å²) in [5.41, 5.74) is 1.06. The number of carbonyl (C=O) groups excluding carboxylic acids is 3. The van der Waals surface area contributed by atoms with Crippen molar-refractivity contribution in [1.82, 2.24) is 20.9 Å². The third-order valence-corrected chi connectivity index (χ3v) is 5.81. The molecule has 1 aliphatic heterocycles. The number of methoxy groups -OCH3 is 1. The Morgan fingerprint density at radius 3 is 2.76 bits per heavy atom. The Hall–Kier alpha value is -3.54. The first-order valence-corrected chi connectivity index (χ1v) is 11.3. The van der Waals surface area contributed by atoms with E-state index in [1.807, 2.05) is 32.0 Å². The summed E-state index contributed by atoms with van der Waals surface area (Å²) in [4.78, 5) is 41.0. The van der Waals surface area contributed by atoms with E-state index in [1.54, 1.807) is 13.2 Å². The smallest absolute Gasteiger partial charge is 0.268 e. The van der Waals surface area contributed by atoms with E-state index in [9.17, 15) is 19.6 Å². The van der Waals surface area contributed by atoms with Crippen LogP contribution in [0, 0.1) is 23.2 Å². The predicted octanol–water partition coefficient (Wildman–Crippen LogP) is 2.25. The zero-order chi connectivity index (χ0) is 24.0. The molecule has 3 amide bonds. The van der Waals surface area contributed by atoms with E-state index < -0.39 is 23.9 Å². The summed E-state index contributed by atoms with van der Waals surface area (Å²) in [6.45, 7) is 4.55. The molecule has 0 spiro atoms. The summed E-state index contributed by atoms with van der Waals surface area (Å²) < 4.78 is 5.34. The summed E-state index contributed by atoms with van der Waals surface area (Å²) >= 11 is 0. The average Bonchev–Trinajstić information content (AvgIpc) is 3.24. The maximum Gasteiger partial charge on any atom is 0.268 e. The van der Waals surface area contributed by atoms with Crippen LogP contribution in [0.5, 0.6) is 5.75 Å². The molecular formula is C24H31N5O4.